The summed E-state index contributed by atoms with van der Waals surface area (Å²) in [5, 5.41) is 3.32. The van der Waals surface area contributed by atoms with E-state index in [4.69, 9.17) is 0 Å². The summed E-state index contributed by atoms with van der Waals surface area (Å²) in [6.07, 6.45) is 1.70. The molecule has 0 amide bonds. The lowest BCUT2D eigenvalue weighted by atomic mass is 10.1. The first-order valence-electron chi connectivity index (χ1n) is 5.69. The molecule has 1 aromatic rings. The monoisotopic (exact) mass is 365 g/mol. The Morgan fingerprint density at radius 2 is 2.18 bits per heavy atom. The highest BCUT2D eigenvalue weighted by Gasteiger charge is 2.24. The van der Waals surface area contributed by atoms with Crippen LogP contribution < -0.4 is 5.32 Å². The van der Waals surface area contributed by atoms with Crippen molar-refractivity contribution in [3.05, 3.63) is 27.3 Å². The van der Waals surface area contributed by atoms with Crippen LogP contribution in [0.25, 0.3) is 0 Å². The lowest BCUT2D eigenvalue weighted by molar-refractivity contribution is 0.562. The molecule has 1 N–H and O–H groups in total. The molecule has 1 atom stereocenters. The molecule has 94 valence electrons. The van der Waals surface area contributed by atoms with E-state index in [2.05, 4.69) is 47.0 Å². The second-order valence-electron chi connectivity index (χ2n) is 4.56. The van der Waals surface area contributed by atoms with Gasteiger partial charge in [-0.1, -0.05) is 6.07 Å². The third-order valence-corrected chi connectivity index (χ3v) is 5.99. The maximum absolute atomic E-state index is 11.5. The van der Waals surface area contributed by atoms with Gasteiger partial charge in [0.05, 0.1) is 11.5 Å². The van der Waals surface area contributed by atoms with E-state index >= 15 is 0 Å². The van der Waals surface area contributed by atoms with Crippen molar-refractivity contribution in [1.29, 1.82) is 0 Å². The number of anilines is 1. The molecule has 1 saturated heterocycles. The Balaban J connectivity index is 2.08. The smallest absolute Gasteiger partial charge is 0.152 e. The predicted octanol–water partition coefficient (Wildman–Crippen LogP) is 2.59. The van der Waals surface area contributed by atoms with Crippen molar-refractivity contribution in [3.8, 4) is 0 Å². The number of nitrogens with one attached hydrogen (secondary N) is 1. The largest absolute Gasteiger partial charge is 0.381 e. The van der Waals surface area contributed by atoms with Gasteiger partial charge in [0.1, 0.15) is 0 Å². The average Bonchev–Trinajstić information content (AvgIpc) is 2.22. The predicted molar refractivity (Wildman–Crippen MR) is 79.2 cm³/mol. The zero-order valence-electron chi connectivity index (χ0n) is 9.74. The average molecular weight is 365 g/mol. The van der Waals surface area contributed by atoms with E-state index in [9.17, 15) is 8.42 Å². The first-order valence-corrected chi connectivity index (χ1v) is 8.59. The number of hydrogen-bond donors (Lipinski definition) is 1. The van der Waals surface area contributed by atoms with E-state index in [0.29, 0.717) is 5.75 Å². The maximum Gasteiger partial charge on any atom is 0.152 e. The Kier molecular flexibility index (Phi) is 3.97. The summed E-state index contributed by atoms with van der Waals surface area (Å²) in [4.78, 5) is 0. The van der Waals surface area contributed by atoms with Crippen LogP contribution in [0.1, 0.15) is 18.4 Å². The Morgan fingerprint density at radius 3 is 2.82 bits per heavy atom. The van der Waals surface area contributed by atoms with E-state index < -0.39 is 9.84 Å². The van der Waals surface area contributed by atoms with Gasteiger partial charge in [0, 0.05) is 15.3 Å². The minimum atomic E-state index is -2.83. The quantitative estimate of drug-likeness (QED) is 0.820. The van der Waals surface area contributed by atoms with Crippen LogP contribution >= 0.6 is 22.6 Å². The van der Waals surface area contributed by atoms with Gasteiger partial charge in [-0.05, 0) is 60.1 Å². The van der Waals surface area contributed by atoms with Gasteiger partial charge in [0.25, 0.3) is 0 Å². The molecule has 0 aromatic heterocycles. The van der Waals surface area contributed by atoms with E-state index in [1.165, 1.54) is 9.13 Å². The van der Waals surface area contributed by atoms with Gasteiger partial charge in [-0.2, -0.15) is 0 Å². The number of sulfone groups is 1. The van der Waals surface area contributed by atoms with Crippen LogP contribution in [0.3, 0.4) is 0 Å². The molecule has 17 heavy (non-hydrogen) atoms. The van der Waals surface area contributed by atoms with Crippen molar-refractivity contribution >= 4 is 38.1 Å². The standard InChI is InChI=1S/C12H16INO2S/c1-9-4-5-10(7-12(9)13)14-11-3-2-6-17(15,16)8-11/h4-5,7,11,14H,2-3,6,8H2,1H3. The Morgan fingerprint density at radius 1 is 1.41 bits per heavy atom. The van der Waals surface area contributed by atoms with Gasteiger partial charge in [0.15, 0.2) is 9.84 Å². The third kappa shape index (κ3) is 3.58. The Hall–Kier alpha value is -0.300. The van der Waals surface area contributed by atoms with Gasteiger partial charge in [-0.25, -0.2) is 8.42 Å². The van der Waals surface area contributed by atoms with Crippen molar-refractivity contribution in [2.75, 3.05) is 16.8 Å². The lowest BCUT2D eigenvalue weighted by Crippen LogP contribution is -2.34. The number of rotatable bonds is 2. The summed E-state index contributed by atoms with van der Waals surface area (Å²) >= 11 is 2.29. The first-order chi connectivity index (χ1) is 7.96. The molecule has 1 aromatic carbocycles. The normalized spacial score (nSPS) is 23.3. The summed E-state index contributed by atoms with van der Waals surface area (Å²) in [7, 11) is -2.83. The van der Waals surface area contributed by atoms with Gasteiger partial charge < -0.3 is 5.32 Å². The molecule has 0 bridgehead atoms. The topological polar surface area (TPSA) is 46.2 Å². The highest BCUT2D eigenvalue weighted by molar-refractivity contribution is 14.1. The fourth-order valence-corrected chi connectivity index (χ4v) is 4.21. The van der Waals surface area contributed by atoms with Crippen molar-refractivity contribution < 1.29 is 8.42 Å². The van der Waals surface area contributed by atoms with Gasteiger partial charge >= 0.3 is 0 Å². The van der Waals surface area contributed by atoms with Crippen LogP contribution in [0.2, 0.25) is 0 Å². The highest BCUT2D eigenvalue weighted by atomic mass is 127. The minimum absolute atomic E-state index is 0.0623. The maximum atomic E-state index is 11.5. The molecule has 1 aliphatic rings. The molecule has 0 spiro atoms. The van der Waals surface area contributed by atoms with Crippen LogP contribution in [0.15, 0.2) is 18.2 Å². The van der Waals surface area contributed by atoms with Crippen molar-refractivity contribution in [2.45, 2.75) is 25.8 Å². The molecule has 5 heteroatoms. The van der Waals surface area contributed by atoms with E-state index in [1.807, 2.05) is 6.07 Å². The molecule has 1 aliphatic heterocycles. The van der Waals surface area contributed by atoms with E-state index in [0.717, 1.165) is 18.5 Å². The third-order valence-electron chi connectivity index (χ3n) is 3.01. The molecule has 2 rings (SSSR count). The fraction of sp³-hybridized carbons (Fsp3) is 0.500. The van der Waals surface area contributed by atoms with Crippen molar-refractivity contribution in [1.82, 2.24) is 0 Å². The first kappa shape index (κ1) is 13.1. The summed E-state index contributed by atoms with van der Waals surface area (Å²) in [6.45, 7) is 2.07. The van der Waals surface area contributed by atoms with Crippen molar-refractivity contribution in [2.24, 2.45) is 0 Å². The Bertz CT molecular complexity index is 513. The van der Waals surface area contributed by atoms with Crippen LogP contribution in [0, 0.1) is 10.5 Å². The Labute approximate surface area is 116 Å². The number of aryl methyl sites for hydroxylation is 1. The molecule has 0 radical (unpaired) electrons. The zero-order chi connectivity index (χ0) is 12.5. The van der Waals surface area contributed by atoms with Crippen LogP contribution in [0.4, 0.5) is 5.69 Å². The minimum Gasteiger partial charge on any atom is -0.381 e. The molecule has 1 heterocycles. The molecule has 1 fully saturated rings. The molecule has 0 saturated carbocycles. The number of hydrogen-bond acceptors (Lipinski definition) is 3. The second-order valence-corrected chi connectivity index (χ2v) is 7.95. The second kappa shape index (κ2) is 5.14. The molecular weight excluding hydrogens is 349 g/mol. The van der Waals surface area contributed by atoms with Gasteiger partial charge in [-0.3, -0.25) is 0 Å². The van der Waals surface area contributed by atoms with Gasteiger partial charge in [0.2, 0.25) is 0 Å². The summed E-state index contributed by atoms with van der Waals surface area (Å²) < 4.78 is 24.3. The van der Waals surface area contributed by atoms with Crippen molar-refractivity contribution in [3.63, 3.8) is 0 Å². The highest BCUT2D eigenvalue weighted by Crippen LogP contribution is 2.21. The fourth-order valence-electron chi connectivity index (χ4n) is 2.06. The number of benzene rings is 1. The summed E-state index contributed by atoms with van der Waals surface area (Å²) in [5.74, 6) is 0.605. The molecule has 0 aliphatic carbocycles. The zero-order valence-corrected chi connectivity index (χ0v) is 12.7. The van der Waals surface area contributed by atoms with Gasteiger partial charge in [-0.15, -0.1) is 0 Å². The van der Waals surface area contributed by atoms with E-state index in [-0.39, 0.29) is 11.8 Å². The SMILES string of the molecule is Cc1ccc(NC2CCCS(=O)(=O)C2)cc1I. The van der Waals surface area contributed by atoms with E-state index in [1.54, 1.807) is 0 Å². The number of halogens is 1. The lowest BCUT2D eigenvalue weighted by Gasteiger charge is -2.24. The van der Waals surface area contributed by atoms with Crippen LogP contribution in [-0.2, 0) is 9.84 Å². The molecule has 3 nitrogen and oxygen atoms in total. The molecule has 1 unspecified atom stereocenters. The molecular formula is C12H16INO2S. The summed E-state index contributed by atoms with van der Waals surface area (Å²) in [5.41, 5.74) is 2.26. The summed E-state index contributed by atoms with van der Waals surface area (Å²) in [6, 6.07) is 6.20. The van der Waals surface area contributed by atoms with Crippen LogP contribution in [-0.4, -0.2) is 26.0 Å². The van der Waals surface area contributed by atoms with Crippen LogP contribution in [0.5, 0.6) is 0 Å².